The zero-order valence-corrected chi connectivity index (χ0v) is 9.35. The van der Waals surface area contributed by atoms with Gasteiger partial charge in [-0.15, -0.1) is 0 Å². The van der Waals surface area contributed by atoms with Gasteiger partial charge in [0.1, 0.15) is 10.4 Å². The maximum Gasteiger partial charge on any atom is 0.407 e. The molecule has 0 radical (unpaired) electrons. The van der Waals surface area contributed by atoms with Gasteiger partial charge in [0, 0.05) is 12.4 Å². The van der Waals surface area contributed by atoms with Crippen molar-refractivity contribution < 1.29 is 21.6 Å². The predicted octanol–water partition coefficient (Wildman–Crippen LogP) is 1.45. The highest BCUT2D eigenvalue weighted by Gasteiger charge is 2.65. The third-order valence-electron chi connectivity index (χ3n) is 2.57. The van der Waals surface area contributed by atoms with E-state index in [2.05, 4.69) is 4.98 Å². The van der Waals surface area contributed by atoms with Crippen molar-refractivity contribution in [3.63, 3.8) is 0 Å². The molecule has 2 rings (SSSR count). The first-order valence-electron chi connectivity index (χ1n) is 4.78. The van der Waals surface area contributed by atoms with Crippen molar-refractivity contribution in [3.8, 4) is 0 Å². The van der Waals surface area contributed by atoms with E-state index in [1.165, 1.54) is 18.3 Å². The van der Waals surface area contributed by atoms with Crippen LogP contribution in [-0.4, -0.2) is 25.1 Å². The summed E-state index contributed by atoms with van der Waals surface area (Å²) in [6.45, 7) is 0. The normalized spacial score (nSPS) is 19.0. The molecule has 94 valence electrons. The van der Waals surface area contributed by atoms with Crippen LogP contribution in [0.2, 0.25) is 0 Å². The van der Waals surface area contributed by atoms with E-state index in [4.69, 9.17) is 0 Å². The van der Waals surface area contributed by atoms with Crippen molar-refractivity contribution in [2.45, 2.75) is 29.5 Å². The fourth-order valence-electron chi connectivity index (χ4n) is 1.39. The highest BCUT2D eigenvalue weighted by atomic mass is 32.2. The van der Waals surface area contributed by atoms with Crippen molar-refractivity contribution >= 4 is 10.0 Å². The van der Waals surface area contributed by atoms with Crippen molar-refractivity contribution in [1.82, 2.24) is 9.71 Å². The van der Waals surface area contributed by atoms with Crippen LogP contribution in [0.5, 0.6) is 0 Å². The van der Waals surface area contributed by atoms with Crippen LogP contribution in [0.15, 0.2) is 29.4 Å². The molecule has 0 aliphatic heterocycles. The SMILES string of the molecule is O=S(=O)(NC1(C(F)(F)F)CC1)c1cccnc1. The van der Waals surface area contributed by atoms with E-state index in [-0.39, 0.29) is 17.7 Å². The lowest BCUT2D eigenvalue weighted by molar-refractivity contribution is -0.160. The summed E-state index contributed by atoms with van der Waals surface area (Å²) >= 11 is 0. The van der Waals surface area contributed by atoms with Crippen LogP contribution in [-0.2, 0) is 10.0 Å². The zero-order chi connectivity index (χ0) is 12.7. The number of hydrogen-bond acceptors (Lipinski definition) is 3. The molecule has 0 spiro atoms. The van der Waals surface area contributed by atoms with Gasteiger partial charge in [0.05, 0.1) is 0 Å². The molecule has 1 aromatic rings. The average molecular weight is 266 g/mol. The smallest absolute Gasteiger partial charge is 0.263 e. The summed E-state index contributed by atoms with van der Waals surface area (Å²) in [5.41, 5.74) is -2.29. The molecule has 1 fully saturated rings. The first-order chi connectivity index (χ1) is 7.77. The van der Waals surface area contributed by atoms with Crippen LogP contribution >= 0.6 is 0 Å². The summed E-state index contributed by atoms with van der Waals surface area (Å²) in [4.78, 5) is 3.30. The summed E-state index contributed by atoms with van der Waals surface area (Å²) in [6, 6.07) is 2.55. The molecule has 0 bridgehead atoms. The zero-order valence-electron chi connectivity index (χ0n) is 8.53. The topological polar surface area (TPSA) is 59.1 Å². The standard InChI is InChI=1S/C9H9F3N2O2S/c10-9(11,12)8(3-4-8)14-17(15,16)7-2-1-5-13-6-7/h1-2,5-6,14H,3-4H2. The molecule has 8 heteroatoms. The number of nitrogens with one attached hydrogen (secondary N) is 1. The van der Waals surface area contributed by atoms with Gasteiger partial charge in [0.2, 0.25) is 10.0 Å². The molecule has 0 saturated heterocycles. The molecular weight excluding hydrogens is 257 g/mol. The molecule has 0 amide bonds. The van der Waals surface area contributed by atoms with E-state index in [0.717, 1.165) is 6.20 Å². The second-order valence-corrected chi connectivity index (χ2v) is 5.56. The molecule has 0 aromatic carbocycles. The Hall–Kier alpha value is -1.15. The fraction of sp³-hybridized carbons (Fsp3) is 0.444. The number of rotatable bonds is 3. The number of hydrogen-bond donors (Lipinski definition) is 1. The molecule has 0 unspecified atom stereocenters. The number of aromatic nitrogens is 1. The molecule has 1 N–H and O–H groups in total. The molecule has 1 saturated carbocycles. The minimum Gasteiger partial charge on any atom is -0.263 e. The number of pyridine rings is 1. The lowest BCUT2D eigenvalue weighted by Gasteiger charge is -2.20. The summed E-state index contributed by atoms with van der Waals surface area (Å²) in [7, 11) is -4.17. The van der Waals surface area contributed by atoms with Gasteiger partial charge in [0.15, 0.2) is 0 Å². The predicted molar refractivity (Wildman–Crippen MR) is 52.6 cm³/mol. The van der Waals surface area contributed by atoms with Crippen LogP contribution in [0.1, 0.15) is 12.8 Å². The largest absolute Gasteiger partial charge is 0.407 e. The van der Waals surface area contributed by atoms with E-state index in [1.54, 1.807) is 4.72 Å². The Morgan fingerprint density at radius 3 is 2.41 bits per heavy atom. The molecule has 1 aromatic heterocycles. The third kappa shape index (κ3) is 2.27. The summed E-state index contributed by atoms with van der Waals surface area (Å²) < 4.78 is 62.9. The maximum atomic E-state index is 12.6. The first kappa shape index (κ1) is 12.3. The minimum atomic E-state index is -4.57. The van der Waals surface area contributed by atoms with Gasteiger partial charge in [-0.2, -0.15) is 17.9 Å². The molecular formula is C9H9F3N2O2S. The van der Waals surface area contributed by atoms with Gasteiger partial charge in [-0.25, -0.2) is 8.42 Å². The van der Waals surface area contributed by atoms with Gasteiger partial charge in [-0.1, -0.05) is 0 Å². The minimum absolute atomic E-state index is 0.226. The quantitative estimate of drug-likeness (QED) is 0.901. The molecule has 1 aliphatic carbocycles. The lowest BCUT2D eigenvalue weighted by Crippen LogP contribution is -2.47. The first-order valence-corrected chi connectivity index (χ1v) is 6.26. The number of sulfonamides is 1. The van der Waals surface area contributed by atoms with Crippen LogP contribution in [0.3, 0.4) is 0 Å². The van der Waals surface area contributed by atoms with Gasteiger partial charge in [-0.05, 0) is 25.0 Å². The monoisotopic (exact) mass is 266 g/mol. The van der Waals surface area contributed by atoms with E-state index >= 15 is 0 Å². The van der Waals surface area contributed by atoms with Gasteiger partial charge in [0.25, 0.3) is 0 Å². The molecule has 17 heavy (non-hydrogen) atoms. The Morgan fingerprint density at radius 2 is 2.00 bits per heavy atom. The molecule has 1 heterocycles. The summed E-state index contributed by atoms with van der Waals surface area (Å²) in [6.07, 6.45) is -2.67. The van der Waals surface area contributed by atoms with Crippen molar-refractivity contribution in [1.29, 1.82) is 0 Å². The average Bonchev–Trinajstić information content (AvgIpc) is 2.99. The van der Waals surface area contributed by atoms with Crippen LogP contribution in [0, 0.1) is 0 Å². The van der Waals surface area contributed by atoms with Gasteiger partial charge in [-0.3, -0.25) is 4.98 Å². The second-order valence-electron chi connectivity index (χ2n) is 3.87. The van der Waals surface area contributed by atoms with E-state index in [9.17, 15) is 21.6 Å². The molecule has 1 aliphatic rings. The van der Waals surface area contributed by atoms with Crippen LogP contribution in [0.4, 0.5) is 13.2 Å². The molecule has 0 atom stereocenters. The maximum absolute atomic E-state index is 12.6. The van der Waals surface area contributed by atoms with Crippen molar-refractivity contribution in [2.24, 2.45) is 0 Å². The second kappa shape index (κ2) is 3.67. The highest BCUT2D eigenvalue weighted by molar-refractivity contribution is 7.89. The number of halogens is 3. The van der Waals surface area contributed by atoms with Crippen LogP contribution in [0.25, 0.3) is 0 Å². The van der Waals surface area contributed by atoms with Crippen molar-refractivity contribution in [3.05, 3.63) is 24.5 Å². The van der Waals surface area contributed by atoms with E-state index < -0.39 is 21.7 Å². The third-order valence-corrected chi connectivity index (χ3v) is 4.09. The van der Waals surface area contributed by atoms with Crippen molar-refractivity contribution in [2.75, 3.05) is 0 Å². The number of nitrogens with zero attached hydrogens (tertiary/aromatic N) is 1. The van der Waals surface area contributed by atoms with E-state index in [0.29, 0.717) is 0 Å². The Bertz CT molecular complexity index is 509. The lowest BCUT2D eigenvalue weighted by atomic mass is 10.3. The van der Waals surface area contributed by atoms with E-state index in [1.807, 2.05) is 0 Å². The van der Waals surface area contributed by atoms with Crippen LogP contribution < -0.4 is 4.72 Å². The Balaban J connectivity index is 2.26. The fourth-order valence-corrected chi connectivity index (χ4v) is 2.80. The van der Waals surface area contributed by atoms with Gasteiger partial charge >= 0.3 is 6.18 Å². The summed E-state index contributed by atoms with van der Waals surface area (Å²) in [5.74, 6) is 0. The Morgan fingerprint density at radius 1 is 1.35 bits per heavy atom. The Kier molecular flexibility index (Phi) is 2.66. The summed E-state index contributed by atoms with van der Waals surface area (Å²) in [5, 5.41) is 0. The molecule has 4 nitrogen and oxygen atoms in total. The number of alkyl halides is 3. The Labute approximate surface area is 95.9 Å². The van der Waals surface area contributed by atoms with Gasteiger partial charge < -0.3 is 0 Å². The highest BCUT2D eigenvalue weighted by Crippen LogP contribution is 2.49.